The molecule has 1 heterocycles. The van der Waals surface area contributed by atoms with Crippen molar-refractivity contribution in [2.24, 2.45) is 0 Å². The monoisotopic (exact) mass is 368 g/mol. The van der Waals surface area contributed by atoms with E-state index in [1.165, 1.54) is 4.90 Å². The highest BCUT2D eigenvalue weighted by Gasteiger charge is 2.40. The van der Waals surface area contributed by atoms with Crippen molar-refractivity contribution in [1.29, 1.82) is 0 Å². The minimum absolute atomic E-state index is 0.292. The molecule has 0 saturated carbocycles. The molecule has 3 aromatic rings. The lowest BCUT2D eigenvalue weighted by Crippen LogP contribution is -2.32. The number of hydrogen-bond acceptors (Lipinski definition) is 3. The number of rotatable bonds is 4. The number of nitrogens with zero attached hydrogens (tertiary/aromatic N) is 1. The quantitative estimate of drug-likeness (QED) is 0.679. The van der Waals surface area contributed by atoms with Gasteiger partial charge in [-0.3, -0.25) is 9.59 Å². The third-order valence-electron chi connectivity index (χ3n) is 4.94. The first-order chi connectivity index (χ1) is 13.6. The maximum absolute atomic E-state index is 13.3. The van der Waals surface area contributed by atoms with Gasteiger partial charge in [-0.15, -0.1) is 0 Å². The van der Waals surface area contributed by atoms with Crippen LogP contribution in [0.4, 0.5) is 11.4 Å². The van der Waals surface area contributed by atoms with Crippen LogP contribution in [0.5, 0.6) is 0 Å². The summed E-state index contributed by atoms with van der Waals surface area (Å²) in [7, 11) is 0. The van der Waals surface area contributed by atoms with E-state index < -0.39 is 0 Å². The van der Waals surface area contributed by atoms with Crippen LogP contribution in [-0.4, -0.2) is 11.8 Å². The fourth-order valence-corrected chi connectivity index (χ4v) is 3.28. The lowest BCUT2D eigenvalue weighted by molar-refractivity contribution is -0.120. The number of aryl methyl sites for hydroxylation is 2. The summed E-state index contributed by atoms with van der Waals surface area (Å²) in [5, 5.41) is 3.16. The number of nitrogens with one attached hydrogen (secondary N) is 1. The SMILES string of the molecule is Cc1ccc(N2C(=O)C(Nc3ccccc3)=C(c3ccccc3)C2=O)cc1C. The van der Waals surface area contributed by atoms with Gasteiger partial charge in [0.15, 0.2) is 0 Å². The molecule has 1 N–H and O–H groups in total. The minimum atomic E-state index is -0.351. The molecule has 1 aliphatic heterocycles. The molecule has 0 radical (unpaired) electrons. The van der Waals surface area contributed by atoms with Gasteiger partial charge < -0.3 is 5.32 Å². The first-order valence-electron chi connectivity index (χ1n) is 9.14. The normalized spacial score (nSPS) is 14.0. The average Bonchev–Trinajstić information content (AvgIpc) is 2.95. The summed E-state index contributed by atoms with van der Waals surface area (Å²) < 4.78 is 0. The second kappa shape index (κ2) is 7.16. The molecule has 0 bridgehead atoms. The molecule has 28 heavy (non-hydrogen) atoms. The largest absolute Gasteiger partial charge is 0.350 e. The summed E-state index contributed by atoms with van der Waals surface area (Å²) in [6.07, 6.45) is 0. The molecular weight excluding hydrogens is 348 g/mol. The van der Waals surface area contributed by atoms with Crippen LogP contribution >= 0.6 is 0 Å². The molecule has 3 aromatic carbocycles. The summed E-state index contributed by atoms with van der Waals surface area (Å²) in [5.74, 6) is -0.672. The average molecular weight is 368 g/mol. The van der Waals surface area contributed by atoms with Crippen LogP contribution in [0, 0.1) is 13.8 Å². The summed E-state index contributed by atoms with van der Waals surface area (Å²) in [6, 6.07) is 24.3. The molecule has 2 amide bonds. The molecule has 1 aliphatic rings. The molecule has 4 nitrogen and oxygen atoms in total. The number of para-hydroxylation sites is 1. The zero-order valence-corrected chi connectivity index (χ0v) is 15.8. The van der Waals surface area contributed by atoms with Gasteiger partial charge in [-0.25, -0.2) is 4.90 Å². The topological polar surface area (TPSA) is 49.4 Å². The van der Waals surface area contributed by atoms with E-state index >= 15 is 0 Å². The Bertz CT molecular complexity index is 1090. The Hall–Kier alpha value is -3.66. The maximum atomic E-state index is 13.3. The predicted molar refractivity (Wildman–Crippen MR) is 112 cm³/mol. The molecule has 4 rings (SSSR count). The minimum Gasteiger partial charge on any atom is -0.350 e. The second-order valence-corrected chi connectivity index (χ2v) is 6.82. The van der Waals surface area contributed by atoms with Gasteiger partial charge >= 0.3 is 0 Å². The van der Waals surface area contributed by atoms with Crippen LogP contribution in [-0.2, 0) is 9.59 Å². The second-order valence-electron chi connectivity index (χ2n) is 6.82. The number of anilines is 2. The van der Waals surface area contributed by atoms with Crippen molar-refractivity contribution in [3.63, 3.8) is 0 Å². The number of carbonyl (C=O) groups is 2. The van der Waals surface area contributed by atoms with Gasteiger partial charge in [0.05, 0.1) is 11.3 Å². The summed E-state index contributed by atoms with van der Waals surface area (Å²) >= 11 is 0. The van der Waals surface area contributed by atoms with Gasteiger partial charge in [0, 0.05) is 5.69 Å². The van der Waals surface area contributed by atoms with Crippen molar-refractivity contribution < 1.29 is 9.59 Å². The van der Waals surface area contributed by atoms with Crippen molar-refractivity contribution in [3.05, 3.63) is 101 Å². The fourth-order valence-electron chi connectivity index (χ4n) is 3.28. The Morgan fingerprint density at radius 3 is 2.00 bits per heavy atom. The van der Waals surface area contributed by atoms with Gasteiger partial charge in [-0.1, -0.05) is 54.6 Å². The number of benzene rings is 3. The van der Waals surface area contributed by atoms with Crippen LogP contribution < -0.4 is 10.2 Å². The molecule has 138 valence electrons. The molecule has 4 heteroatoms. The standard InChI is InChI=1S/C24H20N2O2/c1-16-13-14-20(15-17(16)2)26-23(27)21(18-9-5-3-6-10-18)22(24(26)28)25-19-11-7-4-8-12-19/h3-15,25H,1-2H3. The van der Waals surface area contributed by atoms with E-state index in [1.54, 1.807) is 0 Å². The molecule has 0 spiro atoms. The summed E-state index contributed by atoms with van der Waals surface area (Å²) in [5.41, 5.74) is 4.87. The third-order valence-corrected chi connectivity index (χ3v) is 4.94. The number of hydrogen-bond donors (Lipinski definition) is 1. The zero-order valence-electron chi connectivity index (χ0n) is 15.8. The summed E-state index contributed by atoms with van der Waals surface area (Å²) in [4.78, 5) is 27.9. The Morgan fingerprint density at radius 1 is 0.714 bits per heavy atom. The van der Waals surface area contributed by atoms with E-state index in [0.717, 1.165) is 16.8 Å². The summed E-state index contributed by atoms with van der Waals surface area (Å²) in [6.45, 7) is 3.97. The molecule has 0 atom stereocenters. The number of amides is 2. The lowest BCUT2D eigenvalue weighted by atomic mass is 10.0. The van der Waals surface area contributed by atoms with Crippen molar-refractivity contribution in [1.82, 2.24) is 0 Å². The highest BCUT2D eigenvalue weighted by molar-refractivity contribution is 6.46. The highest BCUT2D eigenvalue weighted by Crippen LogP contribution is 2.34. The Morgan fingerprint density at radius 2 is 1.36 bits per heavy atom. The lowest BCUT2D eigenvalue weighted by Gasteiger charge is -2.16. The van der Waals surface area contributed by atoms with E-state index in [0.29, 0.717) is 22.5 Å². The Kier molecular flexibility index (Phi) is 4.53. The van der Waals surface area contributed by atoms with Gasteiger partial charge in [0.25, 0.3) is 11.8 Å². The first-order valence-corrected chi connectivity index (χ1v) is 9.14. The zero-order chi connectivity index (χ0) is 19.7. The van der Waals surface area contributed by atoms with E-state index in [-0.39, 0.29) is 11.8 Å². The van der Waals surface area contributed by atoms with Crippen molar-refractivity contribution >= 4 is 28.8 Å². The molecular formula is C24H20N2O2. The van der Waals surface area contributed by atoms with Crippen molar-refractivity contribution in [2.45, 2.75) is 13.8 Å². The predicted octanol–water partition coefficient (Wildman–Crippen LogP) is 4.70. The first kappa shape index (κ1) is 17.7. The smallest absolute Gasteiger partial charge is 0.282 e. The number of imide groups is 1. The van der Waals surface area contributed by atoms with Crippen LogP contribution in [0.3, 0.4) is 0 Å². The van der Waals surface area contributed by atoms with Crippen molar-refractivity contribution in [2.75, 3.05) is 10.2 Å². The fraction of sp³-hybridized carbons (Fsp3) is 0.0833. The van der Waals surface area contributed by atoms with Crippen LogP contribution in [0.25, 0.3) is 5.57 Å². The Labute approximate surface area is 164 Å². The van der Waals surface area contributed by atoms with Crippen molar-refractivity contribution in [3.8, 4) is 0 Å². The van der Waals surface area contributed by atoms with E-state index in [2.05, 4.69) is 5.32 Å². The van der Waals surface area contributed by atoms with E-state index in [9.17, 15) is 9.59 Å². The molecule has 0 saturated heterocycles. The molecule has 0 unspecified atom stereocenters. The maximum Gasteiger partial charge on any atom is 0.282 e. The van der Waals surface area contributed by atoms with Gasteiger partial charge in [-0.05, 0) is 54.8 Å². The van der Waals surface area contributed by atoms with E-state index in [4.69, 9.17) is 0 Å². The van der Waals surface area contributed by atoms with Gasteiger partial charge in [0.2, 0.25) is 0 Å². The van der Waals surface area contributed by atoms with E-state index in [1.807, 2.05) is 92.7 Å². The van der Waals surface area contributed by atoms with Crippen LogP contribution in [0.1, 0.15) is 16.7 Å². The van der Waals surface area contributed by atoms with Gasteiger partial charge in [0.1, 0.15) is 5.70 Å². The van der Waals surface area contributed by atoms with Crippen LogP contribution in [0.15, 0.2) is 84.6 Å². The highest BCUT2D eigenvalue weighted by atomic mass is 16.2. The number of carbonyl (C=O) groups excluding carboxylic acids is 2. The van der Waals surface area contributed by atoms with Crippen LogP contribution in [0.2, 0.25) is 0 Å². The molecule has 0 aromatic heterocycles. The molecule has 0 fully saturated rings. The Balaban J connectivity index is 1.82. The molecule has 0 aliphatic carbocycles. The van der Waals surface area contributed by atoms with Gasteiger partial charge in [-0.2, -0.15) is 0 Å². The third kappa shape index (κ3) is 3.09.